The molecule has 1 N–H and O–H groups in total. The fourth-order valence-electron chi connectivity index (χ4n) is 3.55. The van der Waals surface area contributed by atoms with Crippen LogP contribution in [0.5, 0.6) is 5.75 Å². The number of benzene rings is 1. The summed E-state index contributed by atoms with van der Waals surface area (Å²) in [5, 5.41) is 3.57. The predicted molar refractivity (Wildman–Crippen MR) is 89.9 cm³/mol. The first-order valence-electron chi connectivity index (χ1n) is 8.34. The molecule has 1 atom stereocenters. The normalized spacial score (nSPS) is 20.2. The highest BCUT2D eigenvalue weighted by Crippen LogP contribution is 2.39. The van der Waals surface area contributed by atoms with Gasteiger partial charge in [0.25, 0.3) is 0 Å². The largest absolute Gasteiger partial charge is 0.497 e. The van der Waals surface area contributed by atoms with Crippen LogP contribution >= 0.6 is 0 Å². The maximum absolute atomic E-state index is 5.22. The van der Waals surface area contributed by atoms with E-state index < -0.39 is 0 Å². The van der Waals surface area contributed by atoms with Gasteiger partial charge in [-0.15, -0.1) is 0 Å². The molecule has 1 aromatic carbocycles. The molecule has 21 heavy (non-hydrogen) atoms. The number of aryl methyl sites for hydroxylation is 1. The van der Waals surface area contributed by atoms with Crippen molar-refractivity contribution in [2.45, 2.75) is 58.4 Å². The van der Waals surface area contributed by atoms with Gasteiger partial charge in [-0.1, -0.05) is 26.0 Å². The number of hydrogen-bond acceptors (Lipinski definition) is 2. The molecule has 2 heteroatoms. The molecule has 0 aromatic heterocycles. The Bertz CT molecular complexity index is 414. The Balaban J connectivity index is 1.84. The molecule has 0 aliphatic heterocycles. The summed E-state index contributed by atoms with van der Waals surface area (Å²) in [5.74, 6) is 1.79. The molecule has 2 nitrogen and oxygen atoms in total. The zero-order valence-electron chi connectivity index (χ0n) is 14.1. The van der Waals surface area contributed by atoms with Gasteiger partial charge >= 0.3 is 0 Å². The molecule has 1 aliphatic carbocycles. The first kappa shape index (κ1) is 16.4. The van der Waals surface area contributed by atoms with Gasteiger partial charge in [-0.05, 0) is 74.6 Å². The highest BCUT2D eigenvalue weighted by atomic mass is 16.5. The first-order valence-corrected chi connectivity index (χ1v) is 8.34. The molecule has 0 heterocycles. The summed E-state index contributed by atoms with van der Waals surface area (Å²) in [4.78, 5) is 0. The lowest BCUT2D eigenvalue weighted by Gasteiger charge is -2.38. The van der Waals surface area contributed by atoms with Gasteiger partial charge < -0.3 is 10.1 Å². The summed E-state index contributed by atoms with van der Waals surface area (Å²) in [6, 6.07) is 9.16. The van der Waals surface area contributed by atoms with Crippen molar-refractivity contribution >= 4 is 0 Å². The Morgan fingerprint density at radius 1 is 1.19 bits per heavy atom. The van der Waals surface area contributed by atoms with Crippen LogP contribution < -0.4 is 10.1 Å². The van der Waals surface area contributed by atoms with Gasteiger partial charge in [0.1, 0.15) is 5.75 Å². The van der Waals surface area contributed by atoms with E-state index >= 15 is 0 Å². The molecule has 0 bridgehead atoms. The second kappa shape index (κ2) is 7.31. The lowest BCUT2D eigenvalue weighted by molar-refractivity contribution is 0.160. The van der Waals surface area contributed by atoms with Crippen molar-refractivity contribution in [3.63, 3.8) is 0 Å². The van der Waals surface area contributed by atoms with E-state index in [0.29, 0.717) is 11.5 Å². The van der Waals surface area contributed by atoms with Crippen molar-refractivity contribution in [3.05, 3.63) is 29.8 Å². The Morgan fingerprint density at radius 3 is 2.33 bits per heavy atom. The van der Waals surface area contributed by atoms with E-state index in [9.17, 15) is 0 Å². The molecule has 1 saturated carbocycles. The van der Waals surface area contributed by atoms with Crippen LogP contribution in [0.3, 0.4) is 0 Å². The molecule has 118 valence electrons. The van der Waals surface area contributed by atoms with Gasteiger partial charge in [0.2, 0.25) is 0 Å². The van der Waals surface area contributed by atoms with Crippen LogP contribution in [-0.2, 0) is 6.42 Å². The van der Waals surface area contributed by atoms with Crippen LogP contribution in [0.1, 0.15) is 51.5 Å². The van der Waals surface area contributed by atoms with Crippen molar-refractivity contribution in [2.24, 2.45) is 11.3 Å². The van der Waals surface area contributed by atoms with E-state index in [1.807, 2.05) is 0 Å². The average molecular weight is 289 g/mol. The third kappa shape index (κ3) is 4.74. The fraction of sp³-hybridized carbons (Fsp3) is 0.684. The van der Waals surface area contributed by atoms with Crippen LogP contribution in [0.15, 0.2) is 24.3 Å². The Hall–Kier alpha value is -1.02. The highest BCUT2D eigenvalue weighted by molar-refractivity contribution is 5.27. The number of nitrogens with one attached hydrogen (secondary N) is 1. The van der Waals surface area contributed by atoms with E-state index in [0.717, 1.165) is 18.1 Å². The molecule has 0 saturated heterocycles. The Kier molecular flexibility index (Phi) is 5.69. The second-order valence-electron chi connectivity index (χ2n) is 7.28. The van der Waals surface area contributed by atoms with Gasteiger partial charge in [0, 0.05) is 6.04 Å². The smallest absolute Gasteiger partial charge is 0.118 e. The standard InChI is InChI=1S/C19H31NO/c1-19(2)13-11-16(12-14-19)18(20-3)10-7-15-5-8-17(21-4)9-6-15/h5-6,8-9,16,18,20H,7,10-14H2,1-4H3. The summed E-state index contributed by atoms with van der Waals surface area (Å²) in [5.41, 5.74) is 1.97. The zero-order chi connectivity index (χ0) is 15.3. The molecule has 1 aliphatic rings. The zero-order valence-corrected chi connectivity index (χ0v) is 14.1. The topological polar surface area (TPSA) is 21.3 Å². The van der Waals surface area contributed by atoms with E-state index in [1.165, 1.54) is 37.7 Å². The van der Waals surface area contributed by atoms with E-state index in [1.54, 1.807) is 7.11 Å². The minimum Gasteiger partial charge on any atom is -0.497 e. The molecule has 2 rings (SSSR count). The van der Waals surface area contributed by atoms with Crippen LogP contribution in [0.4, 0.5) is 0 Å². The first-order chi connectivity index (χ1) is 10.0. The van der Waals surface area contributed by atoms with Gasteiger partial charge in [-0.3, -0.25) is 0 Å². The molecule has 0 radical (unpaired) electrons. The molecule has 0 spiro atoms. The Morgan fingerprint density at radius 2 is 1.81 bits per heavy atom. The Labute approximate surface area is 130 Å². The monoisotopic (exact) mass is 289 g/mol. The van der Waals surface area contributed by atoms with Crippen molar-refractivity contribution in [2.75, 3.05) is 14.2 Å². The molecular weight excluding hydrogens is 258 g/mol. The minimum absolute atomic E-state index is 0.560. The van der Waals surface area contributed by atoms with Crippen molar-refractivity contribution in [3.8, 4) is 5.75 Å². The van der Waals surface area contributed by atoms with Crippen molar-refractivity contribution < 1.29 is 4.74 Å². The molecule has 1 unspecified atom stereocenters. The van der Waals surface area contributed by atoms with Crippen LogP contribution in [0, 0.1) is 11.3 Å². The SMILES string of the molecule is CNC(CCc1ccc(OC)cc1)C1CCC(C)(C)CC1. The third-order valence-electron chi connectivity index (χ3n) is 5.23. The summed E-state index contributed by atoms with van der Waals surface area (Å²) in [6.07, 6.45) is 7.88. The van der Waals surface area contributed by atoms with Gasteiger partial charge in [0.15, 0.2) is 0 Å². The van der Waals surface area contributed by atoms with Crippen molar-refractivity contribution in [1.82, 2.24) is 5.32 Å². The predicted octanol–water partition coefficient (Wildman–Crippen LogP) is 4.43. The fourth-order valence-corrected chi connectivity index (χ4v) is 3.55. The summed E-state index contributed by atoms with van der Waals surface area (Å²) < 4.78 is 5.22. The molecule has 1 aromatic rings. The van der Waals surface area contributed by atoms with Gasteiger partial charge in [-0.25, -0.2) is 0 Å². The van der Waals surface area contributed by atoms with Crippen molar-refractivity contribution in [1.29, 1.82) is 0 Å². The summed E-state index contributed by atoms with van der Waals surface area (Å²) >= 11 is 0. The molecular formula is C19H31NO. The number of hydrogen-bond donors (Lipinski definition) is 1. The molecule has 1 fully saturated rings. The highest BCUT2D eigenvalue weighted by Gasteiger charge is 2.30. The minimum atomic E-state index is 0.560. The molecule has 0 amide bonds. The second-order valence-corrected chi connectivity index (χ2v) is 7.28. The van der Waals surface area contributed by atoms with Crippen LogP contribution in [-0.4, -0.2) is 20.2 Å². The quantitative estimate of drug-likeness (QED) is 0.836. The van der Waals surface area contributed by atoms with Gasteiger partial charge in [-0.2, -0.15) is 0 Å². The van der Waals surface area contributed by atoms with E-state index in [2.05, 4.69) is 50.5 Å². The maximum Gasteiger partial charge on any atom is 0.118 e. The lowest BCUT2D eigenvalue weighted by Crippen LogP contribution is -2.37. The number of ether oxygens (including phenoxy) is 1. The van der Waals surface area contributed by atoms with E-state index in [-0.39, 0.29) is 0 Å². The lowest BCUT2D eigenvalue weighted by atomic mass is 9.70. The van der Waals surface area contributed by atoms with Crippen LogP contribution in [0.2, 0.25) is 0 Å². The average Bonchev–Trinajstić information content (AvgIpc) is 2.49. The number of rotatable bonds is 6. The van der Waals surface area contributed by atoms with Crippen LogP contribution in [0.25, 0.3) is 0 Å². The van der Waals surface area contributed by atoms with E-state index in [4.69, 9.17) is 4.74 Å². The number of methoxy groups -OCH3 is 1. The summed E-state index contributed by atoms with van der Waals surface area (Å²) in [7, 11) is 3.84. The summed E-state index contributed by atoms with van der Waals surface area (Å²) in [6.45, 7) is 4.82. The maximum atomic E-state index is 5.22. The van der Waals surface area contributed by atoms with Gasteiger partial charge in [0.05, 0.1) is 7.11 Å². The third-order valence-corrected chi connectivity index (χ3v) is 5.23.